The molecule has 0 N–H and O–H groups in total. The van der Waals surface area contributed by atoms with E-state index in [2.05, 4.69) is 4.98 Å². The molecule has 0 radical (unpaired) electrons. The number of carbonyl (C=O) groups excluding carboxylic acids is 1. The second-order valence-electron chi connectivity index (χ2n) is 4.00. The van der Waals surface area contributed by atoms with Gasteiger partial charge in [0.25, 0.3) is 0 Å². The number of benzene rings is 1. The zero-order valence-corrected chi connectivity index (χ0v) is 10.7. The molecule has 1 atom stereocenters. The lowest BCUT2D eigenvalue weighted by molar-refractivity contribution is 0.0970. The van der Waals surface area contributed by atoms with E-state index in [1.165, 1.54) is 25.4 Å². The minimum absolute atomic E-state index is 0.103. The molecule has 0 saturated carbocycles. The van der Waals surface area contributed by atoms with Crippen molar-refractivity contribution >= 4 is 5.78 Å². The van der Waals surface area contributed by atoms with Crippen molar-refractivity contribution in [1.82, 2.24) is 4.98 Å². The molecule has 100 valence electrons. The molecular formula is C15H11FN2O2. The number of hydrogen-bond donors (Lipinski definition) is 0. The van der Waals surface area contributed by atoms with Crippen molar-refractivity contribution in [3.05, 3.63) is 59.7 Å². The number of aromatic nitrogens is 1. The Bertz CT molecular complexity index is 665. The predicted octanol–water partition coefficient (Wildman–Crippen LogP) is 2.72. The summed E-state index contributed by atoms with van der Waals surface area (Å²) in [5, 5.41) is 9.19. The minimum atomic E-state index is -1.16. The number of methoxy groups -OCH3 is 1. The third-order valence-corrected chi connectivity index (χ3v) is 2.82. The van der Waals surface area contributed by atoms with Gasteiger partial charge in [-0.2, -0.15) is 5.26 Å². The van der Waals surface area contributed by atoms with E-state index >= 15 is 0 Å². The summed E-state index contributed by atoms with van der Waals surface area (Å²) in [4.78, 5) is 16.4. The summed E-state index contributed by atoms with van der Waals surface area (Å²) in [7, 11) is 1.34. The highest BCUT2D eigenvalue weighted by atomic mass is 19.1. The molecule has 0 fully saturated rings. The van der Waals surface area contributed by atoms with Crippen molar-refractivity contribution in [2.45, 2.75) is 5.92 Å². The van der Waals surface area contributed by atoms with Gasteiger partial charge in [0, 0.05) is 6.20 Å². The molecule has 1 aromatic carbocycles. The van der Waals surface area contributed by atoms with Gasteiger partial charge in [0.05, 0.1) is 24.4 Å². The van der Waals surface area contributed by atoms with Crippen LogP contribution in [0, 0.1) is 17.1 Å². The standard InChI is InChI=1S/C15H11FN2O2/c1-20-13-7-4-5-11(16)14(13)15(19)10(9-17)12-6-2-3-8-18-12/h2-8,10H,1H3. The van der Waals surface area contributed by atoms with Crippen LogP contribution in [0.2, 0.25) is 0 Å². The lowest BCUT2D eigenvalue weighted by Gasteiger charge is -2.11. The smallest absolute Gasteiger partial charge is 0.192 e. The molecule has 0 aliphatic carbocycles. The van der Waals surface area contributed by atoms with Gasteiger partial charge in [-0.1, -0.05) is 12.1 Å². The first-order chi connectivity index (χ1) is 9.69. The van der Waals surface area contributed by atoms with Gasteiger partial charge in [0.1, 0.15) is 11.6 Å². The van der Waals surface area contributed by atoms with Crippen LogP contribution in [0.4, 0.5) is 4.39 Å². The van der Waals surface area contributed by atoms with Gasteiger partial charge in [0.2, 0.25) is 0 Å². The fourth-order valence-corrected chi connectivity index (χ4v) is 1.86. The van der Waals surface area contributed by atoms with E-state index in [4.69, 9.17) is 4.74 Å². The van der Waals surface area contributed by atoms with Crippen LogP contribution in [0.1, 0.15) is 22.0 Å². The maximum Gasteiger partial charge on any atom is 0.192 e. The third kappa shape index (κ3) is 2.50. The molecule has 0 amide bonds. The van der Waals surface area contributed by atoms with Gasteiger partial charge in [-0.3, -0.25) is 9.78 Å². The summed E-state index contributed by atoms with van der Waals surface area (Å²) in [5.41, 5.74) is 0.0532. The van der Waals surface area contributed by atoms with Gasteiger partial charge in [-0.15, -0.1) is 0 Å². The first-order valence-corrected chi connectivity index (χ1v) is 5.86. The highest BCUT2D eigenvalue weighted by molar-refractivity contribution is 6.04. The minimum Gasteiger partial charge on any atom is -0.496 e. The summed E-state index contributed by atoms with van der Waals surface area (Å²) in [6, 6.07) is 10.8. The van der Waals surface area contributed by atoms with E-state index in [1.54, 1.807) is 18.2 Å². The van der Waals surface area contributed by atoms with Crippen LogP contribution >= 0.6 is 0 Å². The average Bonchev–Trinajstić information content (AvgIpc) is 2.48. The Kier molecular flexibility index (Phi) is 4.06. The maximum absolute atomic E-state index is 13.9. The fraction of sp³-hybridized carbons (Fsp3) is 0.133. The van der Waals surface area contributed by atoms with Crippen molar-refractivity contribution in [2.24, 2.45) is 0 Å². The number of rotatable bonds is 4. The van der Waals surface area contributed by atoms with Crippen LogP contribution in [0.5, 0.6) is 5.75 Å². The number of nitriles is 1. The monoisotopic (exact) mass is 270 g/mol. The molecule has 0 bridgehead atoms. The summed E-state index contributed by atoms with van der Waals surface area (Å²) in [5.74, 6) is -2.44. The Morgan fingerprint density at radius 1 is 1.35 bits per heavy atom. The van der Waals surface area contributed by atoms with E-state index in [0.29, 0.717) is 0 Å². The first-order valence-electron chi connectivity index (χ1n) is 5.86. The second-order valence-corrected chi connectivity index (χ2v) is 4.00. The maximum atomic E-state index is 13.9. The van der Waals surface area contributed by atoms with E-state index in [-0.39, 0.29) is 17.0 Å². The number of Topliss-reactive ketones (excluding diaryl/α,β-unsaturated/α-hetero) is 1. The number of hydrogen-bond acceptors (Lipinski definition) is 4. The van der Waals surface area contributed by atoms with Crippen LogP contribution in [-0.4, -0.2) is 17.9 Å². The number of halogens is 1. The molecule has 20 heavy (non-hydrogen) atoms. The number of pyridine rings is 1. The predicted molar refractivity (Wildman–Crippen MR) is 69.9 cm³/mol. The average molecular weight is 270 g/mol. The van der Waals surface area contributed by atoms with Crippen LogP contribution in [-0.2, 0) is 0 Å². The molecule has 0 aliphatic heterocycles. The lowest BCUT2D eigenvalue weighted by atomic mass is 9.94. The molecule has 0 spiro atoms. The van der Waals surface area contributed by atoms with E-state index in [9.17, 15) is 14.4 Å². The number of ketones is 1. The van der Waals surface area contributed by atoms with Crippen molar-refractivity contribution in [3.8, 4) is 11.8 Å². The molecule has 1 unspecified atom stereocenters. The largest absolute Gasteiger partial charge is 0.496 e. The number of ether oxygens (including phenoxy) is 1. The van der Waals surface area contributed by atoms with E-state index < -0.39 is 17.5 Å². The highest BCUT2D eigenvalue weighted by Gasteiger charge is 2.28. The SMILES string of the molecule is COc1cccc(F)c1C(=O)C(C#N)c1ccccn1. The lowest BCUT2D eigenvalue weighted by Crippen LogP contribution is -2.15. The quantitative estimate of drug-likeness (QED) is 0.801. The van der Waals surface area contributed by atoms with Crippen molar-refractivity contribution in [2.75, 3.05) is 7.11 Å². The number of nitrogens with zero attached hydrogens (tertiary/aromatic N) is 2. The zero-order chi connectivity index (χ0) is 14.5. The molecule has 1 aromatic heterocycles. The summed E-state index contributed by atoms with van der Waals surface area (Å²) in [6.07, 6.45) is 1.48. The molecule has 4 nitrogen and oxygen atoms in total. The van der Waals surface area contributed by atoms with E-state index in [0.717, 1.165) is 6.07 Å². The summed E-state index contributed by atoms with van der Waals surface area (Å²) >= 11 is 0. The highest BCUT2D eigenvalue weighted by Crippen LogP contribution is 2.27. The Morgan fingerprint density at radius 3 is 2.75 bits per heavy atom. The zero-order valence-electron chi connectivity index (χ0n) is 10.7. The van der Waals surface area contributed by atoms with Crippen molar-refractivity contribution in [3.63, 3.8) is 0 Å². The normalized spacial score (nSPS) is 11.4. The Hall–Kier alpha value is -2.74. The van der Waals surface area contributed by atoms with Crippen molar-refractivity contribution < 1.29 is 13.9 Å². The molecule has 1 heterocycles. The van der Waals surface area contributed by atoms with E-state index in [1.807, 2.05) is 6.07 Å². The summed E-state index contributed by atoms with van der Waals surface area (Å²) < 4.78 is 18.9. The van der Waals surface area contributed by atoms with Gasteiger partial charge < -0.3 is 4.74 Å². The molecule has 0 aliphatic rings. The van der Waals surface area contributed by atoms with Gasteiger partial charge in [0.15, 0.2) is 11.7 Å². The molecular weight excluding hydrogens is 259 g/mol. The fourth-order valence-electron chi connectivity index (χ4n) is 1.86. The van der Waals surface area contributed by atoms with Gasteiger partial charge in [-0.25, -0.2) is 4.39 Å². The van der Waals surface area contributed by atoms with Gasteiger partial charge >= 0.3 is 0 Å². The Balaban J connectivity index is 2.48. The van der Waals surface area contributed by atoms with Crippen LogP contribution in [0.25, 0.3) is 0 Å². The topological polar surface area (TPSA) is 63.0 Å². The number of carbonyl (C=O) groups is 1. The molecule has 5 heteroatoms. The van der Waals surface area contributed by atoms with Crippen LogP contribution in [0.15, 0.2) is 42.6 Å². The first kappa shape index (κ1) is 13.7. The Morgan fingerprint density at radius 2 is 2.15 bits per heavy atom. The molecule has 2 aromatic rings. The third-order valence-electron chi connectivity index (χ3n) is 2.82. The van der Waals surface area contributed by atoms with Crippen molar-refractivity contribution in [1.29, 1.82) is 5.26 Å². The van der Waals surface area contributed by atoms with Gasteiger partial charge in [-0.05, 0) is 24.3 Å². The molecule has 2 rings (SSSR count). The van der Waals surface area contributed by atoms with Crippen LogP contribution < -0.4 is 4.74 Å². The van der Waals surface area contributed by atoms with Crippen LogP contribution in [0.3, 0.4) is 0 Å². The second kappa shape index (κ2) is 5.93. The Labute approximate surface area is 115 Å². The summed E-state index contributed by atoms with van der Waals surface area (Å²) in [6.45, 7) is 0. The molecule has 0 saturated heterocycles.